The molecule has 6 amide bonds. The number of rotatable bonds is 18. The van der Waals surface area contributed by atoms with E-state index in [1.807, 2.05) is 26.0 Å². The van der Waals surface area contributed by atoms with Crippen molar-refractivity contribution >= 4 is 81.9 Å². The molecule has 5 aromatic rings. The van der Waals surface area contributed by atoms with Gasteiger partial charge in [0.05, 0.1) is 40.6 Å². The summed E-state index contributed by atoms with van der Waals surface area (Å²) >= 11 is 14.3. The van der Waals surface area contributed by atoms with E-state index in [-0.39, 0.29) is 91.6 Å². The highest BCUT2D eigenvalue weighted by molar-refractivity contribution is 6.32. The lowest BCUT2D eigenvalue weighted by Gasteiger charge is -2.54. The summed E-state index contributed by atoms with van der Waals surface area (Å²) in [7, 11) is 0. The smallest absolute Gasteiger partial charge is 0.416 e. The summed E-state index contributed by atoms with van der Waals surface area (Å²) in [5.74, 6) is -16.5. The van der Waals surface area contributed by atoms with Crippen molar-refractivity contribution in [3.05, 3.63) is 146 Å². The van der Waals surface area contributed by atoms with E-state index >= 15 is 28.8 Å². The van der Waals surface area contributed by atoms with Gasteiger partial charge in [0.1, 0.15) is 77.8 Å². The molecule has 15 bridgehead atoms. The highest BCUT2D eigenvalue weighted by Gasteiger charge is 2.53. The van der Waals surface area contributed by atoms with Crippen LogP contribution in [0, 0.1) is 53.3 Å². The van der Waals surface area contributed by atoms with Crippen LogP contribution < -0.4 is 46.5 Å². The summed E-state index contributed by atoms with van der Waals surface area (Å²) in [6.45, 7) is 6.70. The second-order valence-corrected chi connectivity index (χ2v) is 33.3. The first-order valence-electron chi connectivity index (χ1n) is 39.3. The topological polar surface area (TPSA) is 448 Å². The quantitative estimate of drug-likeness (QED) is 0.0391. The number of halogens is 2. The fourth-order valence-corrected chi connectivity index (χ4v) is 18.9. The molecule has 114 heavy (non-hydrogen) atoms. The number of Topliss-reactive ketones (excluding diaryl/α,β-unsaturated/α-hetero) is 3. The Kier molecular flexibility index (Phi) is 25.6. The maximum Gasteiger partial charge on any atom is 0.416 e. The molecule has 5 fully saturated rings. The van der Waals surface area contributed by atoms with Gasteiger partial charge < -0.3 is 91.5 Å². The molecule has 3 unspecified atom stereocenters. The maximum absolute atomic E-state index is 16.4. The average molecular weight is 1610 g/mol. The molecule has 6 aliphatic heterocycles. The van der Waals surface area contributed by atoms with Crippen LogP contribution in [0.4, 0.5) is 10.5 Å². The lowest BCUT2D eigenvalue weighted by molar-refractivity contribution is -0.277. The van der Waals surface area contributed by atoms with Crippen LogP contribution in [0.1, 0.15) is 181 Å². The van der Waals surface area contributed by atoms with Gasteiger partial charge in [0.15, 0.2) is 28.8 Å². The number of benzene rings is 5. The summed E-state index contributed by atoms with van der Waals surface area (Å²) in [6.07, 6.45) is -10.2. The molecule has 0 spiro atoms. The molecule has 0 radical (unpaired) electrons. The van der Waals surface area contributed by atoms with Gasteiger partial charge in [0.2, 0.25) is 41.6 Å². The van der Waals surface area contributed by atoms with E-state index in [1.54, 1.807) is 19.1 Å². The van der Waals surface area contributed by atoms with Crippen molar-refractivity contribution < 1.29 is 108 Å². The van der Waals surface area contributed by atoms with Gasteiger partial charge in [-0.2, -0.15) is 0 Å². The summed E-state index contributed by atoms with van der Waals surface area (Å²) in [5.41, 5.74) is 6.55. The Hall–Kier alpha value is -9.07. The minimum Gasteiger partial charge on any atom is -0.508 e. The number of hydrogen-bond donors (Lipinski definition) is 14. The Morgan fingerprint density at radius 1 is 0.675 bits per heavy atom. The third kappa shape index (κ3) is 18.0. The lowest BCUT2D eigenvalue weighted by atomic mass is 9.51. The van der Waals surface area contributed by atoms with E-state index in [0.29, 0.717) is 30.4 Å². The van der Waals surface area contributed by atoms with Crippen LogP contribution in [0.5, 0.6) is 34.5 Å². The van der Waals surface area contributed by atoms with E-state index in [1.165, 1.54) is 60.7 Å². The summed E-state index contributed by atoms with van der Waals surface area (Å²) in [5, 5.41) is 108. The third-order valence-corrected chi connectivity index (χ3v) is 24.8. The van der Waals surface area contributed by atoms with Gasteiger partial charge >= 0.3 is 6.09 Å². The third-order valence-electron chi connectivity index (χ3n) is 24.2. The summed E-state index contributed by atoms with van der Waals surface area (Å²) in [6, 6.07) is 13.0. The highest BCUT2D eigenvalue weighted by Crippen LogP contribution is 2.58. The van der Waals surface area contributed by atoms with Gasteiger partial charge in [0.25, 0.3) is 0 Å². The first kappa shape index (κ1) is 82.9. The van der Waals surface area contributed by atoms with Crippen molar-refractivity contribution in [2.75, 3.05) is 11.9 Å². The van der Waals surface area contributed by atoms with Crippen molar-refractivity contribution in [1.29, 1.82) is 0 Å². The Morgan fingerprint density at radius 3 is 1.92 bits per heavy atom. The van der Waals surface area contributed by atoms with Crippen LogP contribution >= 0.6 is 23.2 Å². The van der Waals surface area contributed by atoms with E-state index in [4.69, 9.17) is 52.6 Å². The lowest BCUT2D eigenvalue weighted by Crippen LogP contribution is -2.60. The largest absolute Gasteiger partial charge is 0.508 e. The minimum absolute atomic E-state index is 0.000597. The Morgan fingerprint density at radius 2 is 1.32 bits per heavy atom. The van der Waals surface area contributed by atoms with Crippen LogP contribution in [0.15, 0.2) is 103 Å². The van der Waals surface area contributed by atoms with Crippen molar-refractivity contribution in [2.24, 2.45) is 59.0 Å². The van der Waals surface area contributed by atoms with Gasteiger partial charge in [-0.15, -0.1) is 0 Å². The number of ether oxygens (including phenoxy) is 5. The normalized spacial score (nSPS) is 30.9. The predicted molar refractivity (Wildman–Crippen MR) is 411 cm³/mol. The molecular formula is C84H98Cl2N6O22. The second-order valence-electron chi connectivity index (χ2n) is 32.4. The fourth-order valence-electron chi connectivity index (χ4n) is 18.5. The molecule has 15 N–H and O–H groups in total. The number of aliphatic hydroxyl groups is 7. The zero-order valence-electron chi connectivity index (χ0n) is 63.5. The number of allylic oxidation sites excluding steroid dienone is 1. The van der Waals surface area contributed by atoms with Gasteiger partial charge in [0, 0.05) is 61.1 Å². The molecule has 28 nitrogen and oxygen atoms in total. The summed E-state index contributed by atoms with van der Waals surface area (Å²) < 4.78 is 31.5. The molecular weight excluding hydrogens is 1520 g/mol. The maximum atomic E-state index is 16.4. The number of phenolic OH excluding ortho intramolecular Hbond substituents is 1. The number of aryl methyl sites for hydroxylation is 1. The fraction of sp³-hybridized carbons (Fsp3) is 0.512. The first-order chi connectivity index (χ1) is 54.4. The predicted octanol–water partition coefficient (Wildman–Crippen LogP) is 8.42. The Balaban J connectivity index is 0.978. The van der Waals surface area contributed by atoms with Crippen LogP contribution in [0.25, 0.3) is 0 Å². The molecule has 17 atom stereocenters. The van der Waals surface area contributed by atoms with E-state index < -0.39 is 205 Å². The average Bonchev–Trinajstić information content (AvgIpc) is 0.759. The van der Waals surface area contributed by atoms with Gasteiger partial charge in [-0.3, -0.25) is 43.7 Å². The number of anilines is 1. The molecule has 6 heterocycles. The van der Waals surface area contributed by atoms with E-state index in [9.17, 15) is 55.2 Å². The molecule has 610 valence electrons. The van der Waals surface area contributed by atoms with Gasteiger partial charge in [-0.25, -0.2) is 4.79 Å². The monoisotopic (exact) mass is 1610 g/mol. The molecule has 5 aromatic carbocycles. The number of primary amides is 1. The molecule has 5 aliphatic carbocycles. The Bertz CT molecular complexity index is 4510. The number of unbranched alkanes of at least 4 members (excludes halogenated alkanes) is 1. The second kappa shape index (κ2) is 35.2. The standard InChI is InChI=1S/C84H98Cl2N6O22/c1-5-7-8-38-9-14-49(15-10-38)88-84(109)110-50-32-54-68(58(95)33-50)53-25-42(11-16-57(53)94)52-35-60(97)69-47-29-64(111-62-17-12-43(26-55(62)85)73(100)71(91-79(105)41(6-2)19-37(3)4)59(96)28-48(31-67(87)99)80(106)89-69)78(114-83-77(104)76(103)75(102)66(36-93)113-83)65(30-47)112-63-18-13-44(27-56(63)86)74(101)72(92-81(52)107)82(108)90-70(54)61(98)34-51-45-21-39-20-40(23-45)24-46(51)22-39/h9-18,25-27,29-30,33,37,39-41,45-46,48,51-52,54,58,66,68-77,83,93-95,100-104H,5-8,19-24,28,31-32,34-36H2,1-4H3,(H2,87,99)(H,88,109)(H,89,106)(H,90,108)(H,91,105)(H,92,107)/t39?,40?,41-,45?,46?,48+,51?,52-,54?,58+,66-,68?,69?,70+,71+,72+,73-,74-,75-,76+,77-,83+/m1/s1. The van der Waals surface area contributed by atoms with Gasteiger partial charge in [-0.05, 0) is 182 Å². The molecule has 16 rings (SSSR count). The number of amides is 6. The molecule has 0 aromatic heterocycles. The number of ketones is 3. The number of nitrogens with one attached hydrogen (secondary N) is 5. The zero-order valence-corrected chi connectivity index (χ0v) is 65.0. The zero-order chi connectivity index (χ0) is 81.4. The molecule has 4 saturated carbocycles. The van der Waals surface area contributed by atoms with Crippen molar-refractivity contribution in [3.8, 4) is 34.5 Å². The summed E-state index contributed by atoms with van der Waals surface area (Å²) in [4.78, 5) is 137. The number of hydrogen-bond acceptors (Lipinski definition) is 22. The number of phenols is 1. The van der Waals surface area contributed by atoms with Crippen LogP contribution in [-0.2, 0) is 54.3 Å². The number of aliphatic hydroxyl groups excluding tert-OH is 7. The van der Waals surface area contributed by atoms with E-state index in [0.717, 1.165) is 69.1 Å². The van der Waals surface area contributed by atoms with Crippen molar-refractivity contribution in [1.82, 2.24) is 21.3 Å². The molecule has 11 aliphatic rings. The number of carbonyl (C=O) groups excluding carboxylic acids is 9. The van der Waals surface area contributed by atoms with E-state index in [2.05, 4.69) is 33.5 Å². The van der Waals surface area contributed by atoms with Crippen LogP contribution in [-0.4, -0.2) is 155 Å². The number of aromatic hydroxyl groups is 1. The Labute approximate surface area is 668 Å². The van der Waals surface area contributed by atoms with Crippen LogP contribution in [0.2, 0.25) is 10.0 Å². The van der Waals surface area contributed by atoms with Crippen molar-refractivity contribution in [2.45, 2.75) is 209 Å². The number of carbonyl (C=O) groups is 9. The first-order valence-corrected chi connectivity index (χ1v) is 40.0. The van der Waals surface area contributed by atoms with Gasteiger partial charge in [-0.1, -0.05) is 93.7 Å². The molecule has 30 heteroatoms. The number of fused-ring (bicyclic) bond motifs is 15. The van der Waals surface area contributed by atoms with Crippen LogP contribution in [0.3, 0.4) is 0 Å². The molecule has 1 saturated heterocycles. The highest BCUT2D eigenvalue weighted by atomic mass is 35.5. The van der Waals surface area contributed by atoms with Crippen molar-refractivity contribution in [3.63, 3.8) is 0 Å². The SMILES string of the molecule is CCCCc1ccc(NC(=O)OC2=C[C@H](O)C3c4cc(ccc4O)[C@H]4CC(=O)C5NC(=O)[C@H](CC(N)=O)CC(=O)[C@H](NC(=O)[C@H](CC)CC(C)C)[C@H](O)c6ccc(c(Cl)c6)Oc6cc5cc(c6O[C@@H]5O[C@H](CO)[C@@H](O)[C@H](O)[C@H]5O)Oc5ccc(cc5Cl)[C@@H](O)[C@H](NC4=O)C(=O)N[C@H](C(=O)CC4C5CC6CC(C5)CC4C6)C3C2)cc1. The minimum atomic E-state index is -2.14. The number of nitrogens with two attached hydrogens (primary N) is 1.